The fourth-order valence-corrected chi connectivity index (χ4v) is 2.59. The molecule has 2 rings (SSSR count). The Kier molecular flexibility index (Phi) is 5.81. The van der Waals surface area contributed by atoms with Crippen LogP contribution < -0.4 is 21.1 Å². The minimum Gasteiger partial charge on any atom is -0.483 e. The van der Waals surface area contributed by atoms with Gasteiger partial charge in [-0.3, -0.25) is 14.9 Å². The van der Waals surface area contributed by atoms with Crippen molar-refractivity contribution in [1.82, 2.24) is 10.6 Å². The summed E-state index contributed by atoms with van der Waals surface area (Å²) in [4.78, 5) is 34.7. The highest BCUT2D eigenvalue weighted by Crippen LogP contribution is 2.22. The number of rotatable bonds is 5. The molecule has 8 heteroatoms. The number of amides is 4. The summed E-state index contributed by atoms with van der Waals surface area (Å²) in [6.07, 6.45) is 4.00. The minimum absolute atomic E-state index is 0.0701. The molecule has 0 aromatic heterocycles. The number of carbonyl (C=O) groups excluding carboxylic acids is 3. The summed E-state index contributed by atoms with van der Waals surface area (Å²) >= 11 is 5.78. The number of nitrogens with two attached hydrogens (primary N) is 1. The molecule has 1 aliphatic rings. The second kappa shape index (κ2) is 7.82. The average Bonchev–Trinajstić information content (AvgIpc) is 2.98. The fraction of sp³-hybridized carbons (Fsp3) is 0.400. The molecule has 1 saturated carbocycles. The molecule has 0 heterocycles. The number of halogens is 1. The maximum atomic E-state index is 11.7. The maximum absolute atomic E-state index is 11.7. The molecule has 4 N–H and O–H groups in total. The van der Waals surface area contributed by atoms with E-state index in [0.717, 1.165) is 25.7 Å². The largest absolute Gasteiger partial charge is 0.483 e. The van der Waals surface area contributed by atoms with Crippen molar-refractivity contribution in [2.45, 2.75) is 31.7 Å². The third kappa shape index (κ3) is 5.14. The third-order valence-corrected chi connectivity index (χ3v) is 3.74. The summed E-state index contributed by atoms with van der Waals surface area (Å²) in [7, 11) is 0. The molecule has 0 radical (unpaired) electrons. The average molecular weight is 340 g/mol. The van der Waals surface area contributed by atoms with Gasteiger partial charge in [-0.05, 0) is 31.0 Å². The van der Waals surface area contributed by atoms with E-state index in [1.54, 1.807) is 0 Å². The van der Waals surface area contributed by atoms with E-state index in [-0.39, 0.29) is 17.4 Å². The number of urea groups is 1. The molecule has 7 nitrogen and oxygen atoms in total. The smallest absolute Gasteiger partial charge is 0.321 e. The van der Waals surface area contributed by atoms with E-state index in [9.17, 15) is 14.4 Å². The van der Waals surface area contributed by atoms with Crippen LogP contribution in [0.1, 0.15) is 36.0 Å². The van der Waals surface area contributed by atoms with Crippen molar-refractivity contribution in [1.29, 1.82) is 0 Å². The predicted octanol–water partition coefficient (Wildman–Crippen LogP) is 1.59. The molecular weight excluding hydrogens is 322 g/mol. The van der Waals surface area contributed by atoms with Crippen LogP contribution in [0.15, 0.2) is 18.2 Å². The Hall–Kier alpha value is -2.28. The van der Waals surface area contributed by atoms with Crippen LogP contribution in [-0.4, -0.2) is 30.5 Å². The number of nitrogens with one attached hydrogen (secondary N) is 2. The minimum atomic E-state index is -0.720. The van der Waals surface area contributed by atoms with Crippen LogP contribution in [0.5, 0.6) is 5.75 Å². The molecule has 1 aliphatic carbocycles. The van der Waals surface area contributed by atoms with Crippen molar-refractivity contribution in [3.8, 4) is 5.75 Å². The molecule has 1 fully saturated rings. The second-order valence-corrected chi connectivity index (χ2v) is 5.73. The van der Waals surface area contributed by atoms with Gasteiger partial charge in [0.25, 0.3) is 11.8 Å². The zero-order valence-electron chi connectivity index (χ0n) is 12.4. The van der Waals surface area contributed by atoms with Gasteiger partial charge in [-0.2, -0.15) is 0 Å². The lowest BCUT2D eigenvalue weighted by atomic mass is 10.2. The lowest BCUT2D eigenvalue weighted by molar-refractivity contribution is -0.122. The van der Waals surface area contributed by atoms with Crippen molar-refractivity contribution in [3.63, 3.8) is 0 Å². The highest BCUT2D eigenvalue weighted by atomic mass is 35.5. The van der Waals surface area contributed by atoms with E-state index in [4.69, 9.17) is 22.1 Å². The summed E-state index contributed by atoms with van der Waals surface area (Å²) in [6, 6.07) is 3.87. The Bertz CT molecular complexity index is 615. The predicted molar refractivity (Wildman–Crippen MR) is 84.4 cm³/mol. The first-order valence-electron chi connectivity index (χ1n) is 7.28. The summed E-state index contributed by atoms with van der Waals surface area (Å²) in [6.45, 7) is -0.417. The second-order valence-electron chi connectivity index (χ2n) is 5.30. The summed E-state index contributed by atoms with van der Waals surface area (Å²) < 4.78 is 5.23. The Morgan fingerprint density at radius 3 is 2.61 bits per heavy atom. The summed E-state index contributed by atoms with van der Waals surface area (Å²) in [5.74, 6) is -1.21. The van der Waals surface area contributed by atoms with Crippen molar-refractivity contribution in [2.75, 3.05) is 6.61 Å². The number of hydrogen-bond acceptors (Lipinski definition) is 4. The number of hydrogen-bond donors (Lipinski definition) is 3. The fourth-order valence-electron chi connectivity index (χ4n) is 2.42. The van der Waals surface area contributed by atoms with Gasteiger partial charge in [0.2, 0.25) is 0 Å². The number of benzene rings is 1. The highest BCUT2D eigenvalue weighted by molar-refractivity contribution is 6.31. The van der Waals surface area contributed by atoms with E-state index in [1.165, 1.54) is 18.2 Å². The van der Waals surface area contributed by atoms with Crippen LogP contribution in [0.2, 0.25) is 5.02 Å². The van der Waals surface area contributed by atoms with Crippen LogP contribution in [0.4, 0.5) is 4.79 Å². The van der Waals surface area contributed by atoms with E-state index in [2.05, 4.69) is 10.6 Å². The van der Waals surface area contributed by atoms with Crippen LogP contribution in [-0.2, 0) is 4.79 Å². The highest BCUT2D eigenvalue weighted by Gasteiger charge is 2.18. The molecule has 124 valence electrons. The molecule has 4 amide bonds. The first-order chi connectivity index (χ1) is 11.0. The van der Waals surface area contributed by atoms with Crippen molar-refractivity contribution in [2.24, 2.45) is 5.73 Å². The van der Waals surface area contributed by atoms with Gasteiger partial charge < -0.3 is 15.8 Å². The molecule has 0 saturated heterocycles. The zero-order valence-corrected chi connectivity index (χ0v) is 13.2. The van der Waals surface area contributed by atoms with E-state index >= 15 is 0 Å². The Morgan fingerprint density at radius 1 is 1.26 bits per heavy atom. The van der Waals surface area contributed by atoms with Gasteiger partial charge in [0, 0.05) is 11.1 Å². The van der Waals surface area contributed by atoms with Crippen molar-refractivity contribution < 1.29 is 19.1 Å². The first-order valence-corrected chi connectivity index (χ1v) is 7.66. The van der Waals surface area contributed by atoms with Gasteiger partial charge in [0.05, 0.1) is 5.56 Å². The number of primary amides is 1. The van der Waals surface area contributed by atoms with Gasteiger partial charge in [-0.15, -0.1) is 0 Å². The normalized spacial score (nSPS) is 14.3. The molecule has 0 unspecified atom stereocenters. The maximum Gasteiger partial charge on any atom is 0.321 e. The molecule has 0 bridgehead atoms. The Morgan fingerprint density at radius 2 is 1.96 bits per heavy atom. The summed E-state index contributed by atoms with van der Waals surface area (Å²) in [5.41, 5.74) is 5.29. The van der Waals surface area contributed by atoms with Gasteiger partial charge in [-0.1, -0.05) is 24.4 Å². The van der Waals surface area contributed by atoms with Crippen molar-refractivity contribution in [3.05, 3.63) is 28.8 Å². The van der Waals surface area contributed by atoms with E-state index in [0.29, 0.717) is 5.02 Å². The Labute approximate surface area is 138 Å². The van der Waals surface area contributed by atoms with Gasteiger partial charge in [0.15, 0.2) is 6.61 Å². The molecular formula is C15H18ClN3O4. The molecule has 0 spiro atoms. The van der Waals surface area contributed by atoms with Gasteiger partial charge in [-0.25, -0.2) is 4.79 Å². The molecule has 1 aromatic carbocycles. The third-order valence-electron chi connectivity index (χ3n) is 3.51. The number of ether oxygens (including phenoxy) is 1. The van der Waals surface area contributed by atoms with E-state index < -0.39 is 24.5 Å². The van der Waals surface area contributed by atoms with Gasteiger partial charge >= 0.3 is 6.03 Å². The Balaban J connectivity index is 1.84. The monoisotopic (exact) mass is 339 g/mol. The van der Waals surface area contributed by atoms with Crippen LogP contribution in [0.25, 0.3) is 0 Å². The van der Waals surface area contributed by atoms with Gasteiger partial charge in [0.1, 0.15) is 5.75 Å². The lowest BCUT2D eigenvalue weighted by Crippen LogP contribution is -2.45. The molecule has 0 aliphatic heterocycles. The zero-order chi connectivity index (χ0) is 16.8. The molecule has 23 heavy (non-hydrogen) atoms. The quantitative estimate of drug-likeness (QED) is 0.756. The number of carbonyl (C=O) groups is 3. The van der Waals surface area contributed by atoms with Crippen LogP contribution in [0.3, 0.4) is 0 Å². The lowest BCUT2D eigenvalue weighted by Gasteiger charge is -2.13. The molecule has 0 atom stereocenters. The topological polar surface area (TPSA) is 111 Å². The van der Waals surface area contributed by atoms with Crippen LogP contribution in [0, 0.1) is 0 Å². The summed E-state index contributed by atoms with van der Waals surface area (Å²) in [5, 5.41) is 5.23. The standard InChI is InChI=1S/C15H18ClN3O4/c16-9-5-6-12(11(7-9)14(17)21)23-8-13(20)19-15(22)18-10-3-1-2-4-10/h5-7,10H,1-4,8H2,(H2,17,21)(H2,18,19,20,22). The van der Waals surface area contributed by atoms with Crippen LogP contribution >= 0.6 is 11.6 Å². The SMILES string of the molecule is NC(=O)c1cc(Cl)ccc1OCC(=O)NC(=O)NC1CCCC1. The van der Waals surface area contributed by atoms with Crippen molar-refractivity contribution >= 4 is 29.4 Å². The first kappa shape index (κ1) is 17.1. The molecule has 1 aromatic rings. The van der Waals surface area contributed by atoms with E-state index in [1.807, 2.05) is 0 Å². The number of imide groups is 1.